The van der Waals surface area contributed by atoms with Crippen molar-refractivity contribution in [3.8, 4) is 5.75 Å². The highest BCUT2D eigenvalue weighted by Crippen LogP contribution is 2.28. The number of rotatable bonds is 4. The molecule has 0 heterocycles. The molecule has 0 amide bonds. The predicted molar refractivity (Wildman–Crippen MR) is 85.8 cm³/mol. The van der Waals surface area contributed by atoms with Gasteiger partial charge in [0.2, 0.25) is 0 Å². The second-order valence-electron chi connectivity index (χ2n) is 3.92. The maximum Gasteiger partial charge on any atom is 0.134 e. The van der Waals surface area contributed by atoms with Crippen molar-refractivity contribution < 1.29 is 4.74 Å². The predicted octanol–water partition coefficient (Wildman–Crippen LogP) is 4.32. The van der Waals surface area contributed by atoms with E-state index in [-0.39, 0.29) is 0 Å². The normalized spacial score (nSPS) is 10.2. The van der Waals surface area contributed by atoms with Crippen LogP contribution < -0.4 is 10.5 Å². The summed E-state index contributed by atoms with van der Waals surface area (Å²) in [5.41, 5.74) is 7.44. The van der Waals surface area contributed by atoms with Crippen LogP contribution in [0.15, 0.2) is 46.9 Å². The van der Waals surface area contributed by atoms with Crippen LogP contribution in [0.5, 0.6) is 5.75 Å². The first-order chi connectivity index (χ1) is 9.06. The molecule has 2 rings (SSSR count). The molecule has 2 aromatic rings. The smallest absolute Gasteiger partial charge is 0.134 e. The van der Waals surface area contributed by atoms with Gasteiger partial charge in [0.05, 0.1) is 4.47 Å². The van der Waals surface area contributed by atoms with Crippen LogP contribution in [0.2, 0.25) is 5.02 Å². The molecule has 98 valence electrons. The number of thiocarbonyl (C=S) groups is 1. The van der Waals surface area contributed by atoms with Gasteiger partial charge in [0.1, 0.15) is 17.3 Å². The molecule has 0 bridgehead atoms. The van der Waals surface area contributed by atoms with Crippen LogP contribution >= 0.6 is 39.7 Å². The largest absolute Gasteiger partial charge is 0.488 e. The highest BCUT2D eigenvalue weighted by Gasteiger charge is 2.03. The van der Waals surface area contributed by atoms with Crippen molar-refractivity contribution in [3.63, 3.8) is 0 Å². The Labute approximate surface area is 130 Å². The first-order valence-electron chi connectivity index (χ1n) is 5.53. The first kappa shape index (κ1) is 14.3. The van der Waals surface area contributed by atoms with E-state index in [0.29, 0.717) is 16.6 Å². The van der Waals surface area contributed by atoms with E-state index in [0.717, 1.165) is 21.3 Å². The Kier molecular flexibility index (Phi) is 4.80. The van der Waals surface area contributed by atoms with Gasteiger partial charge in [0.15, 0.2) is 0 Å². The number of benzene rings is 2. The minimum atomic E-state index is 0.396. The van der Waals surface area contributed by atoms with Crippen LogP contribution in [-0.2, 0) is 6.61 Å². The molecule has 0 aliphatic carbocycles. The summed E-state index contributed by atoms with van der Waals surface area (Å²) in [6.45, 7) is 0.470. The molecule has 0 spiro atoms. The van der Waals surface area contributed by atoms with Crippen LogP contribution in [0.25, 0.3) is 0 Å². The molecule has 2 nitrogen and oxygen atoms in total. The molecule has 0 atom stereocenters. The van der Waals surface area contributed by atoms with Gasteiger partial charge in [-0.15, -0.1) is 0 Å². The van der Waals surface area contributed by atoms with Gasteiger partial charge in [-0.2, -0.15) is 0 Å². The van der Waals surface area contributed by atoms with E-state index < -0.39 is 0 Å². The lowest BCUT2D eigenvalue weighted by Gasteiger charge is -2.09. The molecule has 0 aliphatic heterocycles. The highest BCUT2D eigenvalue weighted by molar-refractivity contribution is 9.10. The average molecular weight is 357 g/mol. The van der Waals surface area contributed by atoms with E-state index >= 15 is 0 Å². The maximum atomic E-state index is 5.87. The molecule has 0 saturated carbocycles. The zero-order valence-corrected chi connectivity index (χ0v) is 13.1. The molecular formula is C14H11BrClNOS. The van der Waals surface area contributed by atoms with Crippen molar-refractivity contribution in [1.29, 1.82) is 0 Å². The molecular weight excluding hydrogens is 346 g/mol. The molecule has 0 radical (unpaired) electrons. The van der Waals surface area contributed by atoms with E-state index in [1.54, 1.807) is 12.1 Å². The molecule has 0 aromatic heterocycles. The second kappa shape index (κ2) is 6.37. The summed E-state index contributed by atoms with van der Waals surface area (Å²) >= 11 is 14.2. The van der Waals surface area contributed by atoms with E-state index in [1.807, 2.05) is 30.3 Å². The van der Waals surface area contributed by atoms with Gasteiger partial charge in [-0.1, -0.05) is 48.1 Å². The Balaban J connectivity index is 2.04. The van der Waals surface area contributed by atoms with Gasteiger partial charge >= 0.3 is 0 Å². The lowest BCUT2D eigenvalue weighted by molar-refractivity contribution is 0.304. The third kappa shape index (κ3) is 3.93. The van der Waals surface area contributed by atoms with Crippen molar-refractivity contribution in [1.82, 2.24) is 0 Å². The molecule has 0 aliphatic rings. The van der Waals surface area contributed by atoms with E-state index in [2.05, 4.69) is 15.9 Å². The van der Waals surface area contributed by atoms with E-state index in [1.165, 1.54) is 0 Å². The fourth-order valence-electron chi connectivity index (χ4n) is 1.52. The summed E-state index contributed by atoms with van der Waals surface area (Å²) in [6.07, 6.45) is 0. The Bertz CT molecular complexity index is 601. The third-order valence-corrected chi connectivity index (χ3v) is 3.62. The van der Waals surface area contributed by atoms with Crippen molar-refractivity contribution in [2.45, 2.75) is 6.61 Å². The van der Waals surface area contributed by atoms with Gasteiger partial charge in [-0.05, 0) is 39.7 Å². The fraction of sp³-hybridized carbons (Fsp3) is 0.0714. The SMILES string of the molecule is NC(=S)c1ccc(COc2ccc(Cl)cc2Br)cc1. The van der Waals surface area contributed by atoms with Gasteiger partial charge in [-0.3, -0.25) is 0 Å². The third-order valence-electron chi connectivity index (χ3n) is 2.53. The van der Waals surface area contributed by atoms with Crippen molar-refractivity contribution >= 4 is 44.7 Å². The number of halogens is 2. The minimum absolute atomic E-state index is 0.396. The fourth-order valence-corrected chi connectivity index (χ4v) is 2.45. The summed E-state index contributed by atoms with van der Waals surface area (Å²) in [5.74, 6) is 0.753. The molecule has 2 N–H and O–H groups in total. The quantitative estimate of drug-likeness (QED) is 0.829. The molecule has 0 fully saturated rings. The van der Waals surface area contributed by atoms with E-state index in [9.17, 15) is 0 Å². The summed E-state index contributed by atoms with van der Waals surface area (Å²) in [7, 11) is 0. The number of ether oxygens (including phenoxy) is 1. The molecule has 19 heavy (non-hydrogen) atoms. The monoisotopic (exact) mass is 355 g/mol. The van der Waals surface area contributed by atoms with Crippen LogP contribution in [-0.4, -0.2) is 4.99 Å². The van der Waals surface area contributed by atoms with Crippen LogP contribution in [0.4, 0.5) is 0 Å². The summed E-state index contributed by atoms with van der Waals surface area (Å²) < 4.78 is 6.54. The Morgan fingerprint density at radius 2 is 1.89 bits per heavy atom. The maximum absolute atomic E-state index is 5.87. The molecule has 5 heteroatoms. The molecule has 2 aromatic carbocycles. The molecule has 0 unspecified atom stereocenters. The zero-order valence-electron chi connectivity index (χ0n) is 9.90. The van der Waals surface area contributed by atoms with Crippen molar-refractivity contribution in [3.05, 3.63) is 63.1 Å². The Morgan fingerprint density at radius 1 is 1.21 bits per heavy atom. The minimum Gasteiger partial charge on any atom is -0.488 e. The Morgan fingerprint density at radius 3 is 2.47 bits per heavy atom. The Hall–Kier alpha value is -1.10. The summed E-state index contributed by atoms with van der Waals surface area (Å²) in [5, 5.41) is 0.667. The van der Waals surface area contributed by atoms with Crippen LogP contribution in [0, 0.1) is 0 Å². The van der Waals surface area contributed by atoms with Crippen LogP contribution in [0.1, 0.15) is 11.1 Å². The zero-order chi connectivity index (χ0) is 13.8. The lowest BCUT2D eigenvalue weighted by atomic mass is 10.1. The van der Waals surface area contributed by atoms with Gasteiger partial charge in [0.25, 0.3) is 0 Å². The number of nitrogens with two attached hydrogens (primary N) is 1. The van der Waals surface area contributed by atoms with Gasteiger partial charge < -0.3 is 10.5 Å². The number of hydrogen-bond donors (Lipinski definition) is 1. The lowest BCUT2D eigenvalue weighted by Crippen LogP contribution is -2.09. The van der Waals surface area contributed by atoms with Gasteiger partial charge in [-0.25, -0.2) is 0 Å². The van der Waals surface area contributed by atoms with Crippen molar-refractivity contribution in [2.24, 2.45) is 5.73 Å². The van der Waals surface area contributed by atoms with Gasteiger partial charge in [0, 0.05) is 10.6 Å². The second-order valence-corrected chi connectivity index (χ2v) is 5.66. The summed E-state index contributed by atoms with van der Waals surface area (Å²) in [6, 6.07) is 13.1. The standard InChI is InChI=1S/C14H11BrClNOS/c15-12-7-11(16)5-6-13(12)18-8-9-1-3-10(4-2-9)14(17)19/h1-7H,8H2,(H2,17,19). The van der Waals surface area contributed by atoms with E-state index in [4.69, 9.17) is 34.3 Å². The van der Waals surface area contributed by atoms with Crippen molar-refractivity contribution in [2.75, 3.05) is 0 Å². The highest BCUT2D eigenvalue weighted by atomic mass is 79.9. The average Bonchev–Trinajstić information content (AvgIpc) is 2.38. The topological polar surface area (TPSA) is 35.2 Å². The number of hydrogen-bond acceptors (Lipinski definition) is 2. The van der Waals surface area contributed by atoms with Crippen LogP contribution in [0.3, 0.4) is 0 Å². The summed E-state index contributed by atoms with van der Waals surface area (Å²) in [4.78, 5) is 0.396. The first-order valence-corrected chi connectivity index (χ1v) is 7.11. The molecule has 0 saturated heterocycles.